The summed E-state index contributed by atoms with van der Waals surface area (Å²) in [6.45, 7) is 3.94. The van der Waals surface area contributed by atoms with Crippen LogP contribution >= 0.6 is 11.6 Å². The lowest BCUT2D eigenvalue weighted by Gasteiger charge is -2.26. The fourth-order valence-electron chi connectivity index (χ4n) is 1.82. The molecule has 1 rings (SSSR count). The van der Waals surface area contributed by atoms with Gasteiger partial charge in [0.1, 0.15) is 5.82 Å². The zero-order chi connectivity index (χ0) is 16.0. The highest BCUT2D eigenvalue weighted by Crippen LogP contribution is 2.18. The Balaban J connectivity index is 2.70. The number of carbonyl (C=O) groups excluding carboxylic acids is 1. The molecule has 2 N–H and O–H groups in total. The number of rotatable bonds is 6. The molecule has 0 aliphatic carbocycles. The van der Waals surface area contributed by atoms with Gasteiger partial charge >= 0.3 is 12.0 Å². The van der Waals surface area contributed by atoms with Crippen LogP contribution in [0.5, 0.6) is 0 Å². The Morgan fingerprint density at radius 2 is 2.05 bits per heavy atom. The Morgan fingerprint density at radius 3 is 2.57 bits per heavy atom. The van der Waals surface area contributed by atoms with Crippen LogP contribution in [0, 0.1) is 5.82 Å². The number of nitrogens with zero attached hydrogens (tertiary/aromatic N) is 1. The van der Waals surface area contributed by atoms with Crippen molar-refractivity contribution in [2.45, 2.75) is 32.7 Å². The molecule has 0 aromatic heterocycles. The summed E-state index contributed by atoms with van der Waals surface area (Å²) in [4.78, 5) is 24.2. The maximum atomic E-state index is 13.2. The van der Waals surface area contributed by atoms with E-state index in [1.807, 2.05) is 13.8 Å². The summed E-state index contributed by atoms with van der Waals surface area (Å²) >= 11 is 5.72. The normalized spacial score (nSPS) is 10.5. The van der Waals surface area contributed by atoms with Crippen molar-refractivity contribution in [2.24, 2.45) is 0 Å². The molecule has 0 saturated carbocycles. The van der Waals surface area contributed by atoms with E-state index in [0.29, 0.717) is 13.0 Å². The fraction of sp³-hybridized carbons (Fsp3) is 0.429. The Hall–Kier alpha value is -1.82. The van der Waals surface area contributed by atoms with Gasteiger partial charge in [-0.1, -0.05) is 11.6 Å². The molecule has 0 radical (unpaired) electrons. The highest BCUT2D eigenvalue weighted by molar-refractivity contribution is 6.30. The second-order valence-electron chi connectivity index (χ2n) is 4.87. The third-order valence-electron chi connectivity index (χ3n) is 2.79. The third-order valence-corrected chi connectivity index (χ3v) is 3.01. The van der Waals surface area contributed by atoms with Crippen LogP contribution in [0.2, 0.25) is 5.02 Å². The van der Waals surface area contributed by atoms with Crippen molar-refractivity contribution in [1.82, 2.24) is 4.90 Å². The first kappa shape index (κ1) is 17.2. The standard InChI is InChI=1S/C14H18ClFN2O3/c1-9(2)18(5-3-4-13(19)20)14(21)17-12-7-10(15)6-11(16)8-12/h6-9H,3-5H2,1-2H3,(H,17,21)(H,19,20). The van der Waals surface area contributed by atoms with Gasteiger partial charge in [0.25, 0.3) is 0 Å². The fourth-order valence-corrected chi connectivity index (χ4v) is 2.04. The molecular weight excluding hydrogens is 299 g/mol. The van der Waals surface area contributed by atoms with Crippen molar-refractivity contribution in [2.75, 3.05) is 11.9 Å². The van der Waals surface area contributed by atoms with Crippen LogP contribution in [-0.4, -0.2) is 34.6 Å². The van der Waals surface area contributed by atoms with Crippen LogP contribution in [0.15, 0.2) is 18.2 Å². The van der Waals surface area contributed by atoms with E-state index in [0.717, 1.165) is 6.07 Å². The van der Waals surface area contributed by atoms with E-state index < -0.39 is 17.8 Å². The molecule has 0 bridgehead atoms. The Kier molecular flexibility index (Phi) is 6.42. The minimum absolute atomic E-state index is 0.0116. The molecule has 7 heteroatoms. The third kappa shape index (κ3) is 5.99. The summed E-state index contributed by atoms with van der Waals surface area (Å²) in [6, 6.07) is 3.22. The molecule has 0 aliphatic rings. The van der Waals surface area contributed by atoms with E-state index in [-0.39, 0.29) is 23.2 Å². The van der Waals surface area contributed by atoms with Crippen LogP contribution in [0.4, 0.5) is 14.9 Å². The Morgan fingerprint density at radius 1 is 1.38 bits per heavy atom. The number of urea groups is 1. The van der Waals surface area contributed by atoms with Gasteiger partial charge in [0, 0.05) is 29.7 Å². The van der Waals surface area contributed by atoms with Crippen molar-refractivity contribution in [1.29, 1.82) is 0 Å². The molecule has 1 aromatic carbocycles. The van der Waals surface area contributed by atoms with Crippen molar-refractivity contribution in [3.8, 4) is 0 Å². The van der Waals surface area contributed by atoms with Crippen molar-refractivity contribution in [3.05, 3.63) is 29.0 Å². The van der Waals surface area contributed by atoms with E-state index >= 15 is 0 Å². The average molecular weight is 317 g/mol. The number of hydrogen-bond donors (Lipinski definition) is 2. The molecule has 116 valence electrons. The number of amides is 2. The number of halogens is 2. The molecule has 0 spiro atoms. The monoisotopic (exact) mass is 316 g/mol. The predicted molar refractivity (Wildman–Crippen MR) is 79.1 cm³/mol. The molecule has 0 atom stereocenters. The average Bonchev–Trinajstić information content (AvgIpc) is 2.32. The maximum absolute atomic E-state index is 13.2. The summed E-state index contributed by atoms with van der Waals surface area (Å²) in [5.74, 6) is -1.45. The second-order valence-corrected chi connectivity index (χ2v) is 5.31. The molecule has 21 heavy (non-hydrogen) atoms. The van der Waals surface area contributed by atoms with Gasteiger partial charge in [0.15, 0.2) is 0 Å². The number of carboxylic acid groups (broad SMARTS) is 1. The van der Waals surface area contributed by atoms with E-state index in [1.165, 1.54) is 17.0 Å². The number of benzene rings is 1. The molecule has 0 fully saturated rings. The molecule has 0 aliphatic heterocycles. The van der Waals surface area contributed by atoms with Gasteiger partial charge in [-0.3, -0.25) is 4.79 Å². The summed E-state index contributed by atoms with van der Waals surface area (Å²) in [5, 5.41) is 11.4. The van der Waals surface area contributed by atoms with Crippen LogP contribution < -0.4 is 5.32 Å². The number of carboxylic acids is 1. The van der Waals surface area contributed by atoms with E-state index in [1.54, 1.807) is 0 Å². The number of carbonyl (C=O) groups is 2. The van der Waals surface area contributed by atoms with E-state index in [9.17, 15) is 14.0 Å². The Labute approximate surface area is 127 Å². The summed E-state index contributed by atoms with van der Waals surface area (Å²) in [5.41, 5.74) is 0.258. The zero-order valence-electron chi connectivity index (χ0n) is 11.9. The van der Waals surface area contributed by atoms with E-state index in [4.69, 9.17) is 16.7 Å². The molecular formula is C14H18ClFN2O3. The lowest BCUT2D eigenvalue weighted by molar-refractivity contribution is -0.137. The highest BCUT2D eigenvalue weighted by atomic mass is 35.5. The van der Waals surface area contributed by atoms with Crippen LogP contribution in [0.25, 0.3) is 0 Å². The molecule has 0 heterocycles. The minimum atomic E-state index is -0.906. The lowest BCUT2D eigenvalue weighted by Crippen LogP contribution is -2.40. The summed E-state index contributed by atoms with van der Waals surface area (Å²) in [6.07, 6.45) is 0.340. The number of hydrogen-bond acceptors (Lipinski definition) is 2. The molecule has 5 nitrogen and oxygen atoms in total. The summed E-state index contributed by atoms with van der Waals surface area (Å²) in [7, 11) is 0. The van der Waals surface area contributed by atoms with Crippen molar-refractivity contribution < 1.29 is 19.1 Å². The molecule has 0 unspecified atom stereocenters. The molecule has 0 saturated heterocycles. The second kappa shape index (κ2) is 7.83. The number of nitrogens with one attached hydrogen (secondary N) is 1. The van der Waals surface area contributed by atoms with Gasteiger partial charge in [-0.2, -0.15) is 0 Å². The van der Waals surface area contributed by atoms with Crippen molar-refractivity contribution >= 4 is 29.3 Å². The van der Waals surface area contributed by atoms with Crippen LogP contribution in [-0.2, 0) is 4.79 Å². The van der Waals surface area contributed by atoms with Gasteiger partial charge in [-0.05, 0) is 38.5 Å². The predicted octanol–water partition coefficient (Wildman–Crippen LogP) is 3.59. The van der Waals surface area contributed by atoms with Crippen LogP contribution in [0.1, 0.15) is 26.7 Å². The number of anilines is 1. The van der Waals surface area contributed by atoms with Gasteiger partial charge in [0.2, 0.25) is 0 Å². The smallest absolute Gasteiger partial charge is 0.322 e. The maximum Gasteiger partial charge on any atom is 0.322 e. The molecule has 2 amide bonds. The topological polar surface area (TPSA) is 69.6 Å². The SMILES string of the molecule is CC(C)N(CCCC(=O)O)C(=O)Nc1cc(F)cc(Cl)c1. The van der Waals surface area contributed by atoms with E-state index in [2.05, 4.69) is 5.32 Å². The molecule has 1 aromatic rings. The first-order valence-corrected chi connectivity index (χ1v) is 6.93. The summed E-state index contributed by atoms with van der Waals surface area (Å²) < 4.78 is 13.2. The first-order valence-electron chi connectivity index (χ1n) is 6.55. The highest BCUT2D eigenvalue weighted by Gasteiger charge is 2.17. The van der Waals surface area contributed by atoms with Gasteiger partial charge in [-0.15, -0.1) is 0 Å². The van der Waals surface area contributed by atoms with Gasteiger partial charge < -0.3 is 15.3 Å². The van der Waals surface area contributed by atoms with Gasteiger partial charge in [-0.25, -0.2) is 9.18 Å². The zero-order valence-corrected chi connectivity index (χ0v) is 12.7. The van der Waals surface area contributed by atoms with Crippen molar-refractivity contribution in [3.63, 3.8) is 0 Å². The lowest BCUT2D eigenvalue weighted by atomic mass is 10.2. The number of aliphatic carboxylic acids is 1. The van der Waals surface area contributed by atoms with Crippen LogP contribution in [0.3, 0.4) is 0 Å². The first-order chi connectivity index (χ1) is 9.79. The largest absolute Gasteiger partial charge is 0.481 e. The minimum Gasteiger partial charge on any atom is -0.481 e. The van der Waals surface area contributed by atoms with Gasteiger partial charge in [0.05, 0.1) is 0 Å². The quantitative estimate of drug-likeness (QED) is 0.842. The Bertz CT molecular complexity index is 503.